The molecular weight excluding hydrogens is 114 g/mol. The van der Waals surface area contributed by atoms with E-state index >= 15 is 0 Å². The Hall–Kier alpha value is 0.275. The van der Waals surface area contributed by atoms with Crippen LogP contribution in [0.4, 0.5) is 0 Å². The topological polar surface area (TPSA) is 52.0 Å². The summed E-state index contributed by atoms with van der Waals surface area (Å²) in [7, 11) is 0. The van der Waals surface area contributed by atoms with E-state index in [9.17, 15) is 0 Å². The van der Waals surface area contributed by atoms with Crippen molar-refractivity contribution < 1.29 is 0 Å². The van der Waals surface area contributed by atoms with E-state index in [2.05, 4.69) is 0 Å². The fraction of sp³-hybridized carbons (Fsp3) is 0.333. The minimum atomic E-state index is 0. The number of unbranched alkanes of at least 4 members (excludes halogenated alkanes) is 1. The largest absolute Gasteiger partial charge is 0.405 e. The summed E-state index contributed by atoms with van der Waals surface area (Å²) < 4.78 is 0. The number of hydrogen-bond acceptors (Lipinski definition) is 2. The van der Waals surface area contributed by atoms with Crippen molar-refractivity contribution in [3.05, 3.63) is 24.6 Å². The van der Waals surface area contributed by atoms with E-state index in [1.807, 2.05) is 12.2 Å². The van der Waals surface area contributed by atoms with Gasteiger partial charge in [-0.1, -0.05) is 12.2 Å². The van der Waals surface area contributed by atoms with Gasteiger partial charge in [-0.2, -0.15) is 0 Å². The van der Waals surface area contributed by atoms with Gasteiger partial charge in [-0.25, -0.2) is 0 Å². The molecule has 4 N–H and O–H groups in total. The van der Waals surface area contributed by atoms with Gasteiger partial charge in [0, 0.05) is 37.7 Å². The Balaban J connectivity index is -0.000000245. The van der Waals surface area contributed by atoms with E-state index in [1.54, 1.807) is 12.4 Å². The first-order valence-corrected chi connectivity index (χ1v) is 2.65. The molecule has 10 heavy (non-hydrogen) atoms. The Morgan fingerprint density at radius 3 is 1.30 bits per heavy atom. The van der Waals surface area contributed by atoms with Gasteiger partial charge in [-0.15, -0.1) is 0 Å². The third-order valence-electron chi connectivity index (χ3n) is 0.772. The first-order chi connectivity index (χ1) is 3.91. The van der Waals surface area contributed by atoms with Crippen molar-refractivity contribution in [2.24, 2.45) is 11.5 Å². The fourth-order valence-corrected chi connectivity index (χ4v) is 0.385. The summed E-state index contributed by atoms with van der Waals surface area (Å²) in [5.41, 5.74) is 10.1. The first kappa shape index (κ1) is 16.7. The Bertz CT molecular complexity index is 79.7. The smallest absolute Gasteiger partial charge is 0 e. The van der Waals surface area contributed by atoms with Crippen LogP contribution in [0.15, 0.2) is 24.6 Å². The minimum Gasteiger partial charge on any atom is -0.405 e. The molecule has 0 rings (SSSR count). The Morgan fingerprint density at radius 1 is 0.800 bits per heavy atom. The molecule has 0 fully saturated rings. The summed E-state index contributed by atoms with van der Waals surface area (Å²) in [6, 6.07) is 0. The molecule has 0 saturated heterocycles. The molecule has 0 spiro atoms. The molecule has 0 aromatic rings. The molecule has 0 aliphatic rings. The van der Waals surface area contributed by atoms with Gasteiger partial charge in [0.1, 0.15) is 0 Å². The van der Waals surface area contributed by atoms with Crippen LogP contribution in [-0.4, -0.2) is 37.7 Å². The number of hydrogen-bond donors (Lipinski definition) is 2. The van der Waals surface area contributed by atoms with Crippen LogP contribution in [0.5, 0.6) is 0 Å². The summed E-state index contributed by atoms with van der Waals surface area (Å²) >= 11 is 0. The molecule has 2 nitrogen and oxygen atoms in total. The van der Waals surface area contributed by atoms with Crippen molar-refractivity contribution >= 4 is 37.7 Å². The fourth-order valence-electron chi connectivity index (χ4n) is 0.385. The molecule has 0 bridgehead atoms. The predicted molar refractivity (Wildman–Crippen MR) is 47.4 cm³/mol. The van der Waals surface area contributed by atoms with Crippen LogP contribution in [0.2, 0.25) is 0 Å². The molecule has 0 atom stereocenters. The maximum atomic E-state index is 5.07. The third kappa shape index (κ3) is 15.7. The van der Waals surface area contributed by atoms with E-state index < -0.39 is 0 Å². The zero-order valence-electron chi connectivity index (χ0n) is 6.88. The zero-order valence-corrected chi connectivity index (χ0v) is 6.88. The molecule has 0 aliphatic carbocycles. The minimum absolute atomic E-state index is 0. The van der Waals surface area contributed by atoms with Crippen LogP contribution in [0, 0.1) is 0 Å². The van der Waals surface area contributed by atoms with Crippen LogP contribution in [0.25, 0.3) is 0 Å². The standard InChI is InChI=1S/C6H12N2.2Li/c7-5-3-1-2-4-6-8;;/h3-6H,1-2,7-8H2;;. The van der Waals surface area contributed by atoms with E-state index in [0.29, 0.717) is 0 Å². The summed E-state index contributed by atoms with van der Waals surface area (Å²) in [6.07, 6.45) is 8.85. The SMILES string of the molecule is NC=CCCC=CN.[Li].[Li]. The van der Waals surface area contributed by atoms with Crippen molar-refractivity contribution in [2.45, 2.75) is 12.8 Å². The molecule has 0 aromatic carbocycles. The van der Waals surface area contributed by atoms with E-state index in [4.69, 9.17) is 11.5 Å². The van der Waals surface area contributed by atoms with Crippen molar-refractivity contribution in [3.8, 4) is 0 Å². The number of rotatable bonds is 3. The molecule has 0 amide bonds. The summed E-state index contributed by atoms with van der Waals surface area (Å²) in [6.45, 7) is 0. The monoisotopic (exact) mass is 126 g/mol. The van der Waals surface area contributed by atoms with Crippen LogP contribution in [0.3, 0.4) is 0 Å². The van der Waals surface area contributed by atoms with Gasteiger partial charge < -0.3 is 11.5 Å². The predicted octanol–water partition coefficient (Wildman–Crippen LogP) is -0.0502. The molecule has 48 valence electrons. The van der Waals surface area contributed by atoms with Gasteiger partial charge in [-0.05, 0) is 25.2 Å². The first-order valence-electron chi connectivity index (χ1n) is 2.65. The van der Waals surface area contributed by atoms with E-state index in [-0.39, 0.29) is 37.7 Å². The second kappa shape index (κ2) is 16.1. The van der Waals surface area contributed by atoms with Gasteiger partial charge >= 0.3 is 0 Å². The van der Waals surface area contributed by atoms with Crippen LogP contribution < -0.4 is 11.5 Å². The molecule has 0 unspecified atom stereocenters. The maximum Gasteiger partial charge on any atom is 0 e. The van der Waals surface area contributed by atoms with Crippen LogP contribution in [0.1, 0.15) is 12.8 Å². The van der Waals surface area contributed by atoms with Crippen molar-refractivity contribution in [3.63, 3.8) is 0 Å². The number of allylic oxidation sites excluding steroid dienone is 2. The summed E-state index contributed by atoms with van der Waals surface area (Å²) in [5, 5.41) is 0. The second-order valence-electron chi connectivity index (χ2n) is 1.43. The number of nitrogens with two attached hydrogens (primary N) is 2. The van der Waals surface area contributed by atoms with Gasteiger partial charge in [0.2, 0.25) is 0 Å². The van der Waals surface area contributed by atoms with Crippen molar-refractivity contribution in [1.29, 1.82) is 0 Å². The maximum absolute atomic E-state index is 5.07. The van der Waals surface area contributed by atoms with Gasteiger partial charge in [-0.3, -0.25) is 0 Å². The average Bonchev–Trinajstić information content (AvgIpc) is 1.81. The second-order valence-corrected chi connectivity index (χ2v) is 1.43. The zero-order chi connectivity index (χ0) is 6.24. The normalized spacial score (nSPS) is 9.20. The van der Waals surface area contributed by atoms with Crippen LogP contribution in [-0.2, 0) is 0 Å². The van der Waals surface area contributed by atoms with Crippen molar-refractivity contribution in [1.82, 2.24) is 0 Å². The Morgan fingerprint density at radius 2 is 1.10 bits per heavy atom. The summed E-state index contributed by atoms with van der Waals surface area (Å²) in [5.74, 6) is 0. The molecule has 2 radical (unpaired) electrons. The van der Waals surface area contributed by atoms with Gasteiger partial charge in [0.05, 0.1) is 0 Å². The molecule has 0 saturated carbocycles. The third-order valence-corrected chi connectivity index (χ3v) is 0.772. The molecule has 4 heteroatoms. The molecule has 0 aromatic heterocycles. The van der Waals surface area contributed by atoms with Crippen molar-refractivity contribution in [2.75, 3.05) is 0 Å². The Labute approximate surface area is 86.5 Å². The van der Waals surface area contributed by atoms with E-state index in [0.717, 1.165) is 12.8 Å². The molecule has 0 heterocycles. The van der Waals surface area contributed by atoms with Gasteiger partial charge in [0.15, 0.2) is 0 Å². The van der Waals surface area contributed by atoms with Gasteiger partial charge in [0.25, 0.3) is 0 Å². The quantitative estimate of drug-likeness (QED) is 0.411. The summed E-state index contributed by atoms with van der Waals surface area (Å²) in [4.78, 5) is 0. The molecular formula is C6H12Li2N2. The Kier molecular flexibility index (Phi) is 26.9. The van der Waals surface area contributed by atoms with E-state index in [1.165, 1.54) is 0 Å². The average molecular weight is 126 g/mol. The van der Waals surface area contributed by atoms with Crippen LogP contribution >= 0.6 is 0 Å². The molecule has 0 aliphatic heterocycles.